The van der Waals surface area contributed by atoms with Crippen molar-refractivity contribution in [2.45, 2.75) is 19.8 Å². The van der Waals surface area contributed by atoms with Crippen molar-refractivity contribution in [3.8, 4) is 0 Å². The van der Waals surface area contributed by atoms with Gasteiger partial charge in [0.1, 0.15) is 5.58 Å². The lowest BCUT2D eigenvalue weighted by Gasteiger charge is -2.03. The molecular weight excluding hydrogens is 308 g/mol. The summed E-state index contributed by atoms with van der Waals surface area (Å²) in [7, 11) is 0. The maximum Gasteiger partial charge on any atom is 0.221 e. The molecule has 0 spiro atoms. The number of benzene rings is 2. The van der Waals surface area contributed by atoms with Crippen LogP contribution in [-0.4, -0.2) is 5.78 Å². The zero-order valence-electron chi connectivity index (χ0n) is 13.0. The number of fused-ring (bicyclic) bond motifs is 1. The van der Waals surface area contributed by atoms with Gasteiger partial charge < -0.3 is 4.42 Å². The van der Waals surface area contributed by atoms with Gasteiger partial charge in [-0.25, -0.2) is 0 Å². The predicted octanol–water partition coefficient (Wildman–Crippen LogP) is 6.11. The number of furan rings is 1. The highest BCUT2D eigenvalue weighted by Crippen LogP contribution is 2.25. The summed E-state index contributed by atoms with van der Waals surface area (Å²) in [6.45, 7) is 4.28. The molecule has 2 nitrogen and oxygen atoms in total. The minimum Gasteiger partial charge on any atom is -0.453 e. The second-order valence-corrected chi connectivity index (χ2v) is 6.25. The summed E-state index contributed by atoms with van der Waals surface area (Å²) < 4.78 is 5.65. The van der Waals surface area contributed by atoms with Crippen molar-refractivity contribution in [2.24, 2.45) is 0 Å². The Hall–Kier alpha value is -2.32. The molecule has 0 fully saturated rings. The van der Waals surface area contributed by atoms with E-state index in [1.807, 2.05) is 24.3 Å². The van der Waals surface area contributed by atoms with Crippen LogP contribution in [0.25, 0.3) is 17.0 Å². The van der Waals surface area contributed by atoms with Crippen molar-refractivity contribution in [3.05, 3.63) is 76.5 Å². The van der Waals surface area contributed by atoms with Crippen LogP contribution in [0.5, 0.6) is 0 Å². The van der Waals surface area contributed by atoms with Crippen molar-refractivity contribution >= 4 is 34.4 Å². The lowest BCUT2D eigenvalue weighted by atomic mass is 10.0. The molecule has 2 aromatic carbocycles. The number of halogens is 1. The number of hydrogen-bond acceptors (Lipinski definition) is 2. The maximum atomic E-state index is 12.3. The third-order valence-electron chi connectivity index (χ3n) is 3.75. The highest BCUT2D eigenvalue weighted by Gasteiger charge is 2.11. The molecular formula is C20H17ClO2. The molecule has 0 aliphatic rings. The zero-order chi connectivity index (χ0) is 16.4. The van der Waals surface area contributed by atoms with Crippen LogP contribution in [0.2, 0.25) is 5.02 Å². The van der Waals surface area contributed by atoms with Crippen molar-refractivity contribution in [3.63, 3.8) is 0 Å². The van der Waals surface area contributed by atoms with Gasteiger partial charge in [0.25, 0.3) is 0 Å². The Morgan fingerprint density at radius 2 is 1.83 bits per heavy atom. The predicted molar refractivity (Wildman–Crippen MR) is 95.1 cm³/mol. The summed E-state index contributed by atoms with van der Waals surface area (Å²) in [5.74, 6) is 0.645. The minimum absolute atomic E-state index is 0.151. The zero-order valence-corrected chi connectivity index (χ0v) is 13.8. The fourth-order valence-electron chi connectivity index (χ4n) is 2.37. The van der Waals surface area contributed by atoms with Crippen LogP contribution < -0.4 is 0 Å². The monoisotopic (exact) mass is 324 g/mol. The Labute approximate surface area is 140 Å². The van der Waals surface area contributed by atoms with E-state index in [1.54, 1.807) is 24.3 Å². The van der Waals surface area contributed by atoms with E-state index < -0.39 is 0 Å². The Morgan fingerprint density at radius 3 is 2.52 bits per heavy atom. The van der Waals surface area contributed by atoms with E-state index in [-0.39, 0.29) is 5.78 Å². The largest absolute Gasteiger partial charge is 0.453 e. The summed E-state index contributed by atoms with van der Waals surface area (Å²) in [6, 6.07) is 15.1. The van der Waals surface area contributed by atoms with Crippen LogP contribution in [0.15, 0.2) is 59.0 Å². The van der Waals surface area contributed by atoms with E-state index >= 15 is 0 Å². The molecule has 0 aliphatic heterocycles. The lowest BCUT2D eigenvalue weighted by molar-refractivity contribution is 0.102. The van der Waals surface area contributed by atoms with Crippen molar-refractivity contribution in [1.82, 2.24) is 0 Å². The number of allylic oxidation sites excluding steroid dienone is 1. The summed E-state index contributed by atoms with van der Waals surface area (Å²) in [4.78, 5) is 12.3. The number of carbonyl (C=O) groups excluding carboxylic acids is 1. The molecule has 0 bridgehead atoms. The fraction of sp³-hybridized carbons (Fsp3) is 0.150. The molecule has 1 aromatic heterocycles. The molecule has 0 saturated heterocycles. The first-order valence-corrected chi connectivity index (χ1v) is 7.92. The SMILES string of the molecule is CC(C)c1ccc2oc(C(=O)/C=C/c3ccc(Cl)cc3)cc2c1. The van der Waals surface area contributed by atoms with Crippen LogP contribution in [0, 0.1) is 0 Å². The Morgan fingerprint density at radius 1 is 1.09 bits per heavy atom. The van der Waals surface area contributed by atoms with Gasteiger partial charge in [0.2, 0.25) is 5.78 Å². The smallest absolute Gasteiger partial charge is 0.221 e. The number of ketones is 1. The summed E-state index contributed by atoms with van der Waals surface area (Å²) in [5, 5.41) is 1.63. The molecule has 116 valence electrons. The Balaban J connectivity index is 1.84. The highest BCUT2D eigenvalue weighted by atomic mass is 35.5. The quantitative estimate of drug-likeness (QED) is 0.428. The first-order valence-electron chi connectivity index (χ1n) is 7.54. The van der Waals surface area contributed by atoms with Crippen LogP contribution in [0.4, 0.5) is 0 Å². The molecule has 0 saturated carbocycles. The highest BCUT2D eigenvalue weighted by molar-refractivity contribution is 6.30. The van der Waals surface area contributed by atoms with Gasteiger partial charge in [0.15, 0.2) is 5.76 Å². The average Bonchev–Trinajstić information content (AvgIpc) is 2.97. The molecule has 0 amide bonds. The summed E-state index contributed by atoms with van der Waals surface area (Å²) in [5.41, 5.74) is 2.88. The molecule has 3 heteroatoms. The Kier molecular flexibility index (Phi) is 4.35. The van der Waals surface area contributed by atoms with Gasteiger partial charge in [-0.1, -0.05) is 49.7 Å². The number of hydrogen-bond donors (Lipinski definition) is 0. The van der Waals surface area contributed by atoms with E-state index in [0.717, 1.165) is 16.5 Å². The second kappa shape index (κ2) is 6.43. The molecule has 0 atom stereocenters. The third-order valence-corrected chi connectivity index (χ3v) is 4.00. The lowest BCUT2D eigenvalue weighted by Crippen LogP contribution is -1.90. The molecule has 1 heterocycles. The van der Waals surface area contributed by atoms with E-state index in [4.69, 9.17) is 16.0 Å². The van der Waals surface area contributed by atoms with Gasteiger partial charge in [-0.05, 0) is 53.5 Å². The van der Waals surface area contributed by atoms with E-state index in [9.17, 15) is 4.79 Å². The molecule has 0 N–H and O–H groups in total. The van der Waals surface area contributed by atoms with Crippen molar-refractivity contribution < 1.29 is 9.21 Å². The average molecular weight is 325 g/mol. The Bertz CT molecular complexity index is 870. The molecule has 0 unspecified atom stereocenters. The van der Waals surface area contributed by atoms with Gasteiger partial charge in [-0.3, -0.25) is 4.79 Å². The first kappa shape index (κ1) is 15.6. The van der Waals surface area contributed by atoms with Crippen LogP contribution in [0.3, 0.4) is 0 Å². The fourth-order valence-corrected chi connectivity index (χ4v) is 2.50. The minimum atomic E-state index is -0.151. The molecule has 3 rings (SSSR count). The summed E-state index contributed by atoms with van der Waals surface area (Å²) >= 11 is 5.84. The number of carbonyl (C=O) groups is 1. The second-order valence-electron chi connectivity index (χ2n) is 5.81. The van der Waals surface area contributed by atoms with Gasteiger partial charge in [-0.2, -0.15) is 0 Å². The first-order chi connectivity index (χ1) is 11.0. The third kappa shape index (κ3) is 3.54. The van der Waals surface area contributed by atoms with Crippen molar-refractivity contribution in [1.29, 1.82) is 0 Å². The molecule has 0 aliphatic carbocycles. The van der Waals surface area contributed by atoms with E-state index in [0.29, 0.717) is 16.7 Å². The van der Waals surface area contributed by atoms with Crippen LogP contribution >= 0.6 is 11.6 Å². The van der Waals surface area contributed by atoms with Crippen LogP contribution in [-0.2, 0) is 0 Å². The molecule has 3 aromatic rings. The molecule has 0 radical (unpaired) electrons. The topological polar surface area (TPSA) is 30.2 Å². The van der Waals surface area contributed by atoms with Crippen LogP contribution in [0.1, 0.15) is 41.4 Å². The number of rotatable bonds is 4. The van der Waals surface area contributed by atoms with Gasteiger partial charge in [-0.15, -0.1) is 0 Å². The van der Waals surface area contributed by atoms with Gasteiger partial charge in [0, 0.05) is 10.4 Å². The van der Waals surface area contributed by atoms with Gasteiger partial charge >= 0.3 is 0 Å². The van der Waals surface area contributed by atoms with E-state index in [2.05, 4.69) is 19.9 Å². The standard InChI is InChI=1S/C20H17ClO2/c1-13(2)15-6-10-19-16(11-15)12-20(23-19)18(22)9-5-14-3-7-17(21)8-4-14/h3-13H,1-2H3/b9-5+. The van der Waals surface area contributed by atoms with Crippen molar-refractivity contribution in [2.75, 3.05) is 0 Å². The molecule has 23 heavy (non-hydrogen) atoms. The van der Waals surface area contributed by atoms with E-state index in [1.165, 1.54) is 11.6 Å². The summed E-state index contributed by atoms with van der Waals surface area (Å²) in [6.07, 6.45) is 3.27. The maximum absolute atomic E-state index is 12.3. The van der Waals surface area contributed by atoms with Gasteiger partial charge in [0.05, 0.1) is 0 Å². The normalized spacial score (nSPS) is 11.7.